The van der Waals surface area contributed by atoms with E-state index >= 15 is 0 Å². The smallest absolute Gasteiger partial charge is 0.258 e. The zero-order chi connectivity index (χ0) is 21.6. The molecule has 0 atom stereocenters. The van der Waals surface area contributed by atoms with Gasteiger partial charge >= 0.3 is 0 Å². The van der Waals surface area contributed by atoms with Gasteiger partial charge in [-0.2, -0.15) is 5.10 Å². The number of benzene rings is 1. The van der Waals surface area contributed by atoms with E-state index in [-0.39, 0.29) is 11.3 Å². The Morgan fingerprint density at radius 3 is 2.90 bits per heavy atom. The minimum atomic E-state index is -0.215. The van der Waals surface area contributed by atoms with E-state index in [9.17, 15) is 4.79 Å². The van der Waals surface area contributed by atoms with E-state index in [1.54, 1.807) is 12.3 Å². The number of amides is 1. The molecule has 1 aromatic carbocycles. The summed E-state index contributed by atoms with van der Waals surface area (Å²) in [5.41, 5.74) is 5.44. The summed E-state index contributed by atoms with van der Waals surface area (Å²) in [5, 5.41) is 14.8. The van der Waals surface area contributed by atoms with E-state index in [1.807, 2.05) is 45.2 Å². The zero-order valence-corrected chi connectivity index (χ0v) is 17.8. The van der Waals surface area contributed by atoms with Gasteiger partial charge in [0.1, 0.15) is 0 Å². The fourth-order valence-electron chi connectivity index (χ4n) is 3.81. The number of hydrogen-bond donors (Lipinski definition) is 2. The highest BCUT2D eigenvalue weighted by atomic mass is 16.5. The molecule has 3 aromatic heterocycles. The van der Waals surface area contributed by atoms with Crippen molar-refractivity contribution >= 4 is 28.5 Å². The number of aromatic amines is 1. The normalized spacial score (nSPS) is 13.6. The number of carbonyl (C=O) groups is 1. The minimum Gasteiger partial charge on any atom is -0.367 e. The van der Waals surface area contributed by atoms with Crippen molar-refractivity contribution in [3.8, 4) is 0 Å². The fourth-order valence-corrected chi connectivity index (χ4v) is 3.81. The van der Waals surface area contributed by atoms with Crippen LogP contribution in [0.15, 0.2) is 47.2 Å². The van der Waals surface area contributed by atoms with Crippen LogP contribution in [0.5, 0.6) is 0 Å². The first-order chi connectivity index (χ1) is 14.9. The molecule has 5 rings (SSSR count). The van der Waals surface area contributed by atoms with E-state index in [2.05, 4.69) is 36.6 Å². The van der Waals surface area contributed by atoms with Gasteiger partial charge in [-0.1, -0.05) is 32.0 Å². The predicted molar refractivity (Wildman–Crippen MR) is 118 cm³/mol. The molecular weight excluding hydrogens is 392 g/mol. The average molecular weight is 416 g/mol. The van der Waals surface area contributed by atoms with Crippen LogP contribution in [0.25, 0.3) is 11.0 Å². The lowest BCUT2D eigenvalue weighted by Crippen LogP contribution is -2.20. The van der Waals surface area contributed by atoms with Crippen LogP contribution in [-0.2, 0) is 18.4 Å². The van der Waals surface area contributed by atoms with E-state index in [0.29, 0.717) is 11.4 Å². The van der Waals surface area contributed by atoms with E-state index in [4.69, 9.17) is 4.52 Å². The lowest BCUT2D eigenvalue weighted by Gasteiger charge is -2.20. The molecule has 158 valence electrons. The van der Waals surface area contributed by atoms with Crippen molar-refractivity contribution in [3.63, 3.8) is 0 Å². The van der Waals surface area contributed by atoms with Gasteiger partial charge in [-0.25, -0.2) is 4.98 Å². The maximum absolute atomic E-state index is 12.8. The SMILES string of the molecule is CC(C)(C)c1cc(NC(=O)c2ccc3c(c2)N(Cc2cnc4[nH]ncc4c2)CC3)on1. The number of nitrogens with zero attached hydrogens (tertiary/aromatic N) is 4. The summed E-state index contributed by atoms with van der Waals surface area (Å²) < 4.78 is 5.30. The lowest BCUT2D eigenvalue weighted by atomic mass is 9.92. The van der Waals surface area contributed by atoms with E-state index in [1.165, 1.54) is 5.56 Å². The van der Waals surface area contributed by atoms with Gasteiger partial charge in [-0.15, -0.1) is 0 Å². The molecule has 0 unspecified atom stereocenters. The number of carbonyl (C=O) groups excluding carboxylic acids is 1. The highest BCUT2D eigenvalue weighted by molar-refractivity contribution is 6.04. The molecule has 0 aliphatic carbocycles. The molecule has 8 nitrogen and oxygen atoms in total. The Bertz CT molecular complexity index is 1270. The van der Waals surface area contributed by atoms with E-state index < -0.39 is 0 Å². The molecule has 4 heterocycles. The first-order valence-electron chi connectivity index (χ1n) is 10.3. The molecule has 2 N–H and O–H groups in total. The Labute approximate surface area is 179 Å². The van der Waals surface area contributed by atoms with Gasteiger partial charge in [0, 0.05) is 47.4 Å². The molecule has 1 aliphatic heterocycles. The molecule has 4 aromatic rings. The molecule has 0 radical (unpaired) electrons. The van der Waals surface area contributed by atoms with Gasteiger partial charge in [0.2, 0.25) is 5.88 Å². The number of pyridine rings is 1. The Kier molecular flexibility index (Phi) is 4.50. The summed E-state index contributed by atoms with van der Waals surface area (Å²) >= 11 is 0. The summed E-state index contributed by atoms with van der Waals surface area (Å²) in [6.07, 6.45) is 4.60. The van der Waals surface area contributed by atoms with Crippen molar-refractivity contribution in [1.29, 1.82) is 0 Å². The number of hydrogen-bond acceptors (Lipinski definition) is 6. The molecule has 1 aliphatic rings. The molecule has 8 heteroatoms. The number of aromatic nitrogens is 4. The van der Waals surface area contributed by atoms with Crippen molar-refractivity contribution < 1.29 is 9.32 Å². The number of rotatable bonds is 4. The molecule has 1 amide bonds. The second-order valence-electron chi connectivity index (χ2n) is 8.95. The van der Waals surface area contributed by atoms with Gasteiger partial charge in [0.15, 0.2) is 5.65 Å². The quantitative estimate of drug-likeness (QED) is 0.520. The molecule has 0 spiro atoms. The fraction of sp³-hybridized carbons (Fsp3) is 0.304. The minimum absolute atomic E-state index is 0.144. The number of H-pyrrole nitrogens is 1. The zero-order valence-electron chi connectivity index (χ0n) is 17.8. The van der Waals surface area contributed by atoms with Crippen LogP contribution in [0.3, 0.4) is 0 Å². The van der Waals surface area contributed by atoms with Crippen LogP contribution in [0.4, 0.5) is 11.6 Å². The van der Waals surface area contributed by atoms with Crippen LogP contribution in [0.1, 0.15) is 48.0 Å². The van der Waals surface area contributed by atoms with Crippen molar-refractivity contribution in [2.45, 2.75) is 39.2 Å². The van der Waals surface area contributed by atoms with Crippen molar-refractivity contribution in [3.05, 3.63) is 65.1 Å². The van der Waals surface area contributed by atoms with Crippen molar-refractivity contribution in [2.24, 2.45) is 0 Å². The largest absolute Gasteiger partial charge is 0.367 e. The van der Waals surface area contributed by atoms with Gasteiger partial charge < -0.3 is 9.42 Å². The van der Waals surface area contributed by atoms with E-state index in [0.717, 1.165) is 47.5 Å². The maximum atomic E-state index is 12.8. The summed E-state index contributed by atoms with van der Waals surface area (Å²) in [6, 6.07) is 9.71. The highest BCUT2D eigenvalue weighted by Gasteiger charge is 2.23. The van der Waals surface area contributed by atoms with Crippen molar-refractivity contribution in [1.82, 2.24) is 20.3 Å². The third-order valence-corrected chi connectivity index (χ3v) is 5.58. The van der Waals surface area contributed by atoms with Crippen LogP contribution in [0.2, 0.25) is 0 Å². The Balaban J connectivity index is 1.34. The molecule has 0 fully saturated rings. The maximum Gasteiger partial charge on any atom is 0.258 e. The van der Waals surface area contributed by atoms with Crippen LogP contribution >= 0.6 is 0 Å². The Morgan fingerprint density at radius 2 is 2.10 bits per heavy atom. The third kappa shape index (κ3) is 3.76. The first-order valence-corrected chi connectivity index (χ1v) is 10.3. The van der Waals surface area contributed by atoms with Gasteiger partial charge in [0.25, 0.3) is 5.91 Å². The summed E-state index contributed by atoms with van der Waals surface area (Å²) in [5.74, 6) is 0.138. The summed E-state index contributed by atoms with van der Waals surface area (Å²) in [6.45, 7) is 7.77. The molecule has 0 saturated heterocycles. The molecular formula is C23H24N6O2. The standard InChI is InChI=1S/C23H24N6O2/c1-23(2,3)19-10-20(31-28-19)26-22(30)16-5-4-15-6-7-29(18(15)9-16)13-14-8-17-12-25-27-21(17)24-11-14/h4-5,8-12H,6-7,13H2,1-3H3,(H,26,30)(H,24,25,27). The van der Waals surface area contributed by atoms with Gasteiger partial charge in [0.05, 0.1) is 11.9 Å². The van der Waals surface area contributed by atoms with Crippen LogP contribution < -0.4 is 10.2 Å². The number of anilines is 2. The average Bonchev–Trinajstić information content (AvgIpc) is 3.47. The Hall–Kier alpha value is -3.68. The lowest BCUT2D eigenvalue weighted by molar-refractivity contribution is 0.102. The number of fused-ring (bicyclic) bond motifs is 2. The topological polar surface area (TPSA) is 99.9 Å². The van der Waals surface area contributed by atoms with Gasteiger partial charge in [-0.05, 0) is 35.7 Å². The van der Waals surface area contributed by atoms with Crippen LogP contribution in [0, 0.1) is 0 Å². The third-order valence-electron chi connectivity index (χ3n) is 5.58. The second-order valence-corrected chi connectivity index (χ2v) is 8.95. The second kappa shape index (κ2) is 7.23. The molecule has 0 bridgehead atoms. The summed E-state index contributed by atoms with van der Waals surface area (Å²) in [7, 11) is 0. The first kappa shape index (κ1) is 19.3. The predicted octanol–water partition coefficient (Wildman–Crippen LogP) is 4.06. The molecule has 0 saturated carbocycles. The van der Waals surface area contributed by atoms with Crippen LogP contribution in [-0.4, -0.2) is 32.8 Å². The Morgan fingerprint density at radius 1 is 1.23 bits per heavy atom. The van der Waals surface area contributed by atoms with Crippen molar-refractivity contribution in [2.75, 3.05) is 16.8 Å². The highest BCUT2D eigenvalue weighted by Crippen LogP contribution is 2.31. The van der Waals surface area contributed by atoms with Gasteiger partial charge in [-0.3, -0.25) is 15.2 Å². The monoisotopic (exact) mass is 416 g/mol. The summed E-state index contributed by atoms with van der Waals surface area (Å²) in [4.78, 5) is 19.5. The number of nitrogens with one attached hydrogen (secondary N) is 2. The molecule has 31 heavy (non-hydrogen) atoms.